The third-order valence-corrected chi connectivity index (χ3v) is 9.43. The van der Waals surface area contributed by atoms with Crippen molar-refractivity contribution in [3.63, 3.8) is 0 Å². The number of halogens is 1. The molecule has 0 aromatic carbocycles. The van der Waals surface area contributed by atoms with Crippen LogP contribution in [-0.2, 0) is 14.3 Å². The largest absolute Gasteiger partial charge is 0.376 e. The number of nitrogens with zero attached hydrogens (tertiary/aromatic N) is 1. The van der Waals surface area contributed by atoms with Gasteiger partial charge in [0.15, 0.2) is 0 Å². The highest BCUT2D eigenvalue weighted by molar-refractivity contribution is 6.21. The molecule has 1 amide bonds. The summed E-state index contributed by atoms with van der Waals surface area (Å²) in [5.41, 5.74) is 0. The average molecular weight is 524 g/mol. The van der Waals surface area contributed by atoms with Crippen molar-refractivity contribution in [2.75, 3.05) is 26.3 Å². The minimum Gasteiger partial charge on any atom is -0.376 e. The molecule has 2 aliphatic heterocycles. The number of carbonyl (C=O) groups is 1. The number of piperidine rings is 2. The number of hydrogen-bond acceptors (Lipinski definition) is 7. The molecule has 204 valence electrons. The van der Waals surface area contributed by atoms with Crippen LogP contribution in [0.15, 0.2) is 0 Å². The monoisotopic (exact) mass is 523 g/mol. The highest BCUT2D eigenvalue weighted by Gasteiger charge is 2.47. The van der Waals surface area contributed by atoms with Gasteiger partial charge in [0.05, 0.1) is 42.2 Å². The van der Waals surface area contributed by atoms with Gasteiger partial charge < -0.3 is 30.7 Å². The molecule has 9 heteroatoms. The van der Waals surface area contributed by atoms with Crippen molar-refractivity contribution >= 4 is 17.5 Å². The summed E-state index contributed by atoms with van der Waals surface area (Å²) in [5.74, 6) is 0.739. The molecule has 0 aromatic rings. The van der Waals surface area contributed by atoms with Crippen molar-refractivity contribution in [3.8, 4) is 6.07 Å². The standard InChI is InChI=1S/C27H46ClN5O3/c1-4-35-26-12-22-20(11-23(26)32-17(3)34)27(18(13-29)14-31-22)33-19-7-8-25(21(28)10-19)36-15-24-16(2)6-5-9-30-24/h16,18-27,30-31,33H,4-12,14-15H2,1-3H3,(H,32,34). The van der Waals surface area contributed by atoms with Crippen molar-refractivity contribution < 1.29 is 14.3 Å². The summed E-state index contributed by atoms with van der Waals surface area (Å²) < 4.78 is 12.3. The second-order valence-electron chi connectivity index (χ2n) is 11.5. The number of amides is 1. The molecular formula is C27H46ClN5O3. The summed E-state index contributed by atoms with van der Waals surface area (Å²) in [6.45, 7) is 8.96. The maximum atomic E-state index is 11.9. The topological polar surface area (TPSA) is 107 Å². The van der Waals surface area contributed by atoms with E-state index in [1.54, 1.807) is 6.92 Å². The van der Waals surface area contributed by atoms with Crippen molar-refractivity contribution in [2.45, 2.75) is 114 Å². The van der Waals surface area contributed by atoms with E-state index in [2.05, 4.69) is 34.3 Å². The summed E-state index contributed by atoms with van der Waals surface area (Å²) in [6, 6.07) is 3.53. The second kappa shape index (κ2) is 13.2. The fourth-order valence-corrected chi connectivity index (χ4v) is 7.39. The molecule has 36 heavy (non-hydrogen) atoms. The first-order valence-corrected chi connectivity index (χ1v) is 14.6. The van der Waals surface area contributed by atoms with Crippen molar-refractivity contribution in [1.29, 1.82) is 5.26 Å². The first-order chi connectivity index (χ1) is 17.4. The molecule has 8 nitrogen and oxygen atoms in total. The Morgan fingerprint density at radius 3 is 2.67 bits per heavy atom. The minimum absolute atomic E-state index is 0.00637. The number of carbonyl (C=O) groups excluding carboxylic acids is 1. The predicted octanol–water partition coefficient (Wildman–Crippen LogP) is 2.31. The Morgan fingerprint density at radius 2 is 1.97 bits per heavy atom. The van der Waals surface area contributed by atoms with Crippen LogP contribution in [0.5, 0.6) is 0 Å². The van der Waals surface area contributed by atoms with E-state index < -0.39 is 0 Å². The zero-order chi connectivity index (χ0) is 25.7. The third kappa shape index (κ3) is 6.92. The maximum Gasteiger partial charge on any atom is 0.217 e. The van der Waals surface area contributed by atoms with Gasteiger partial charge in [-0.05, 0) is 70.3 Å². The molecule has 0 bridgehead atoms. The number of nitrogens with one attached hydrogen (secondary N) is 4. The lowest BCUT2D eigenvalue weighted by molar-refractivity contribution is -0.122. The molecule has 2 saturated heterocycles. The Morgan fingerprint density at radius 1 is 1.14 bits per heavy atom. The van der Waals surface area contributed by atoms with Gasteiger partial charge >= 0.3 is 0 Å². The van der Waals surface area contributed by atoms with Crippen LogP contribution in [0, 0.1) is 29.1 Å². The molecule has 4 aliphatic rings. The summed E-state index contributed by atoms with van der Waals surface area (Å²) >= 11 is 6.86. The zero-order valence-electron chi connectivity index (χ0n) is 22.2. The minimum atomic E-state index is -0.116. The van der Waals surface area contributed by atoms with Gasteiger partial charge in [-0.2, -0.15) is 5.26 Å². The maximum absolute atomic E-state index is 11.9. The molecule has 4 N–H and O–H groups in total. The summed E-state index contributed by atoms with van der Waals surface area (Å²) in [6.07, 6.45) is 6.99. The van der Waals surface area contributed by atoms with Gasteiger partial charge in [-0.1, -0.05) is 6.92 Å². The summed E-state index contributed by atoms with van der Waals surface area (Å²) in [5, 5.41) is 24.1. The first kappa shape index (κ1) is 28.1. The van der Waals surface area contributed by atoms with Crippen molar-refractivity contribution in [2.24, 2.45) is 17.8 Å². The quantitative estimate of drug-likeness (QED) is 0.362. The number of nitriles is 1. The molecule has 4 rings (SSSR count). The summed E-state index contributed by atoms with van der Waals surface area (Å²) in [4.78, 5) is 11.9. The fraction of sp³-hybridized carbons (Fsp3) is 0.926. The highest BCUT2D eigenvalue weighted by Crippen LogP contribution is 2.36. The number of rotatable bonds is 8. The summed E-state index contributed by atoms with van der Waals surface area (Å²) in [7, 11) is 0. The Bertz CT molecular complexity index is 766. The third-order valence-electron chi connectivity index (χ3n) is 8.97. The molecule has 11 atom stereocenters. The molecule has 2 aliphatic carbocycles. The van der Waals surface area contributed by atoms with Gasteiger partial charge in [0.1, 0.15) is 0 Å². The number of ether oxygens (including phenoxy) is 2. The molecular weight excluding hydrogens is 478 g/mol. The van der Waals surface area contributed by atoms with Crippen LogP contribution in [0.1, 0.15) is 65.7 Å². The lowest BCUT2D eigenvalue weighted by atomic mass is 9.69. The van der Waals surface area contributed by atoms with Crippen LogP contribution in [0.4, 0.5) is 0 Å². The van der Waals surface area contributed by atoms with Gasteiger partial charge in [0.2, 0.25) is 5.91 Å². The first-order valence-electron chi connectivity index (χ1n) is 14.2. The van der Waals surface area contributed by atoms with Crippen LogP contribution >= 0.6 is 11.6 Å². The molecule has 0 aromatic heterocycles. The van der Waals surface area contributed by atoms with E-state index in [-0.39, 0.29) is 59.5 Å². The van der Waals surface area contributed by atoms with E-state index in [0.717, 1.165) is 45.3 Å². The average Bonchev–Trinajstić information content (AvgIpc) is 2.85. The Hall–Kier alpha value is -0.950. The highest BCUT2D eigenvalue weighted by atomic mass is 35.5. The lowest BCUT2D eigenvalue weighted by Gasteiger charge is -2.50. The van der Waals surface area contributed by atoms with E-state index in [0.29, 0.717) is 25.1 Å². The number of alkyl halides is 1. The SMILES string of the molecule is CCOC1CC2NCC(C#N)C(NC3CCC(OCC4NCCCC4C)C(Cl)C3)C2CC1NC(C)=O. The number of fused-ring (bicyclic) bond motifs is 1. The van der Waals surface area contributed by atoms with Crippen LogP contribution in [-0.4, -0.2) is 80.0 Å². The van der Waals surface area contributed by atoms with Gasteiger partial charge in [0.25, 0.3) is 0 Å². The lowest BCUT2D eigenvalue weighted by Crippen LogP contribution is -2.66. The van der Waals surface area contributed by atoms with Gasteiger partial charge in [-0.3, -0.25) is 4.79 Å². The fourth-order valence-electron chi connectivity index (χ4n) is 6.97. The predicted molar refractivity (Wildman–Crippen MR) is 141 cm³/mol. The van der Waals surface area contributed by atoms with Crippen LogP contribution in [0.2, 0.25) is 0 Å². The van der Waals surface area contributed by atoms with Gasteiger partial charge in [0, 0.05) is 44.2 Å². The van der Waals surface area contributed by atoms with E-state index in [4.69, 9.17) is 21.1 Å². The van der Waals surface area contributed by atoms with E-state index in [9.17, 15) is 10.1 Å². The molecule has 2 saturated carbocycles. The molecule has 0 spiro atoms. The van der Waals surface area contributed by atoms with E-state index in [1.807, 2.05) is 6.92 Å². The molecule has 2 heterocycles. The smallest absolute Gasteiger partial charge is 0.217 e. The van der Waals surface area contributed by atoms with Crippen LogP contribution < -0.4 is 21.3 Å². The Balaban J connectivity index is 1.35. The Labute approximate surface area is 221 Å². The van der Waals surface area contributed by atoms with E-state index >= 15 is 0 Å². The van der Waals surface area contributed by atoms with Crippen LogP contribution in [0.25, 0.3) is 0 Å². The molecule has 11 unspecified atom stereocenters. The zero-order valence-corrected chi connectivity index (χ0v) is 22.9. The van der Waals surface area contributed by atoms with Crippen molar-refractivity contribution in [1.82, 2.24) is 21.3 Å². The normalized spacial score (nSPS) is 43.2. The second-order valence-corrected chi connectivity index (χ2v) is 12.0. The van der Waals surface area contributed by atoms with Gasteiger partial charge in [-0.15, -0.1) is 11.6 Å². The number of hydrogen-bond donors (Lipinski definition) is 4. The van der Waals surface area contributed by atoms with Crippen molar-refractivity contribution in [3.05, 3.63) is 0 Å². The Kier molecular flexibility index (Phi) is 10.3. The molecule has 4 fully saturated rings. The molecule has 0 radical (unpaired) electrons. The van der Waals surface area contributed by atoms with Gasteiger partial charge in [-0.25, -0.2) is 0 Å². The van der Waals surface area contributed by atoms with Crippen LogP contribution in [0.3, 0.4) is 0 Å². The van der Waals surface area contributed by atoms with E-state index in [1.165, 1.54) is 12.8 Å².